The van der Waals surface area contributed by atoms with Gasteiger partial charge in [0.25, 0.3) is 11.5 Å². The van der Waals surface area contributed by atoms with Crippen LogP contribution in [-0.2, 0) is 13.1 Å². The van der Waals surface area contributed by atoms with E-state index in [1.165, 1.54) is 29.0 Å². The van der Waals surface area contributed by atoms with Crippen molar-refractivity contribution in [2.45, 2.75) is 13.1 Å². The van der Waals surface area contributed by atoms with Gasteiger partial charge in [-0.05, 0) is 59.7 Å². The third-order valence-corrected chi connectivity index (χ3v) is 5.88. The van der Waals surface area contributed by atoms with Crippen LogP contribution in [0.25, 0.3) is 22.2 Å². The van der Waals surface area contributed by atoms with Crippen molar-refractivity contribution in [3.63, 3.8) is 0 Å². The molecule has 5 rings (SSSR count). The summed E-state index contributed by atoms with van der Waals surface area (Å²) in [5.41, 5.74) is 2.61. The number of benzene rings is 2. The Morgan fingerprint density at radius 3 is 2.75 bits per heavy atom. The number of aromatic amines is 1. The Morgan fingerprint density at radius 1 is 1.06 bits per heavy atom. The Bertz CT molecular complexity index is 1660. The molecule has 0 bridgehead atoms. The molecule has 3 heterocycles. The number of fused-ring (bicyclic) bond motifs is 1. The fourth-order valence-electron chi connectivity index (χ4n) is 4.03. The Morgan fingerprint density at radius 2 is 1.92 bits per heavy atom. The predicted octanol–water partition coefficient (Wildman–Crippen LogP) is 4.35. The molecule has 3 aromatic heterocycles. The molecular weight excluding hydrogens is 466 g/mol. The molecule has 0 saturated heterocycles. The molecule has 36 heavy (non-hydrogen) atoms. The molecule has 0 saturated carbocycles. The summed E-state index contributed by atoms with van der Waals surface area (Å²) >= 11 is 0. The molecule has 0 aliphatic carbocycles. The van der Waals surface area contributed by atoms with Gasteiger partial charge in [-0.1, -0.05) is 12.1 Å². The maximum Gasteiger partial charge on any atom is 0.263 e. The minimum Gasteiger partial charge on any atom is -0.508 e. The van der Waals surface area contributed by atoms with Crippen molar-refractivity contribution < 1.29 is 18.7 Å². The first-order valence-electron chi connectivity index (χ1n) is 11.1. The first kappa shape index (κ1) is 23.0. The monoisotopic (exact) mass is 486 g/mol. The van der Waals surface area contributed by atoms with Gasteiger partial charge in [0.05, 0.1) is 6.54 Å². The molecule has 0 radical (unpaired) electrons. The highest BCUT2D eigenvalue weighted by Crippen LogP contribution is 2.30. The molecule has 0 spiro atoms. The standard InChI is InChI=1S/C27H20F2N4O3/c28-22-7-5-16(11-23(22)29)15-33-10-2-4-20(27(33)36)26(35)32-13-18-12-17(6-8-24(18)34)21-14-31-25-19(21)3-1-9-30-25/h1-12,14,34H,13,15H2,(H,30,31)(H,32,35). The third kappa shape index (κ3) is 4.46. The molecule has 2 aromatic carbocycles. The van der Waals surface area contributed by atoms with Gasteiger partial charge in [0.15, 0.2) is 11.6 Å². The lowest BCUT2D eigenvalue weighted by Gasteiger charge is -2.11. The van der Waals surface area contributed by atoms with E-state index < -0.39 is 23.1 Å². The Kier molecular flexibility index (Phi) is 6.03. The van der Waals surface area contributed by atoms with Crippen molar-refractivity contribution in [2.75, 3.05) is 0 Å². The zero-order valence-electron chi connectivity index (χ0n) is 18.8. The second-order valence-electron chi connectivity index (χ2n) is 8.23. The number of hydrogen-bond acceptors (Lipinski definition) is 4. The number of H-pyrrole nitrogens is 1. The Balaban J connectivity index is 1.35. The summed E-state index contributed by atoms with van der Waals surface area (Å²) in [7, 11) is 0. The number of phenols is 1. The van der Waals surface area contributed by atoms with Crippen LogP contribution in [0, 0.1) is 11.6 Å². The van der Waals surface area contributed by atoms with Gasteiger partial charge in [-0.2, -0.15) is 0 Å². The quantitative estimate of drug-likeness (QED) is 0.332. The number of pyridine rings is 2. The van der Waals surface area contributed by atoms with E-state index in [1.54, 1.807) is 24.4 Å². The van der Waals surface area contributed by atoms with Crippen molar-refractivity contribution in [1.82, 2.24) is 19.9 Å². The number of aromatic hydroxyl groups is 1. The normalized spacial score (nSPS) is 11.1. The fourth-order valence-corrected chi connectivity index (χ4v) is 4.03. The summed E-state index contributed by atoms with van der Waals surface area (Å²) in [5, 5.41) is 13.9. The molecule has 5 aromatic rings. The van der Waals surface area contributed by atoms with Crippen LogP contribution in [0.4, 0.5) is 8.78 Å². The van der Waals surface area contributed by atoms with Crippen LogP contribution >= 0.6 is 0 Å². The Hall–Kier alpha value is -4.79. The number of carbonyl (C=O) groups excluding carboxylic acids is 1. The molecule has 1 amide bonds. The van der Waals surface area contributed by atoms with Gasteiger partial charge in [0, 0.05) is 41.6 Å². The maximum atomic E-state index is 13.5. The van der Waals surface area contributed by atoms with Crippen LogP contribution < -0.4 is 10.9 Å². The molecule has 0 unspecified atom stereocenters. The van der Waals surface area contributed by atoms with Gasteiger partial charge in [0.1, 0.15) is 17.0 Å². The largest absolute Gasteiger partial charge is 0.508 e. The lowest BCUT2D eigenvalue weighted by atomic mass is 10.0. The van der Waals surface area contributed by atoms with E-state index in [2.05, 4.69) is 15.3 Å². The smallest absolute Gasteiger partial charge is 0.263 e. The van der Waals surface area contributed by atoms with Gasteiger partial charge < -0.3 is 20.0 Å². The molecular formula is C27H20F2N4O3. The average Bonchev–Trinajstić information content (AvgIpc) is 3.31. The summed E-state index contributed by atoms with van der Waals surface area (Å²) < 4.78 is 28.0. The summed E-state index contributed by atoms with van der Waals surface area (Å²) in [6.07, 6.45) is 4.98. The van der Waals surface area contributed by atoms with E-state index >= 15 is 0 Å². The number of amides is 1. The highest BCUT2D eigenvalue weighted by atomic mass is 19.2. The second kappa shape index (κ2) is 9.46. The van der Waals surface area contributed by atoms with E-state index in [0.29, 0.717) is 11.1 Å². The van der Waals surface area contributed by atoms with Crippen LogP contribution in [-0.4, -0.2) is 25.5 Å². The molecule has 3 N–H and O–H groups in total. The van der Waals surface area contributed by atoms with E-state index in [-0.39, 0.29) is 24.4 Å². The number of carbonyl (C=O) groups is 1. The van der Waals surface area contributed by atoms with Crippen molar-refractivity contribution >= 4 is 16.9 Å². The first-order chi connectivity index (χ1) is 17.4. The van der Waals surface area contributed by atoms with Crippen molar-refractivity contribution in [3.05, 3.63) is 118 Å². The minimum atomic E-state index is -1.01. The maximum absolute atomic E-state index is 13.5. The number of rotatable bonds is 6. The lowest BCUT2D eigenvalue weighted by Crippen LogP contribution is -2.32. The van der Waals surface area contributed by atoms with Crippen molar-refractivity contribution in [2.24, 2.45) is 0 Å². The highest BCUT2D eigenvalue weighted by molar-refractivity contribution is 5.94. The Labute approximate surface area is 203 Å². The lowest BCUT2D eigenvalue weighted by molar-refractivity contribution is 0.0948. The summed E-state index contributed by atoms with van der Waals surface area (Å²) in [6, 6.07) is 15.1. The molecule has 7 nitrogen and oxygen atoms in total. The van der Waals surface area contributed by atoms with E-state index in [1.807, 2.05) is 18.3 Å². The first-order valence-corrected chi connectivity index (χ1v) is 11.1. The topological polar surface area (TPSA) is 100 Å². The molecule has 0 aliphatic rings. The van der Waals surface area contributed by atoms with Gasteiger partial charge in [-0.3, -0.25) is 9.59 Å². The van der Waals surface area contributed by atoms with Crippen LogP contribution in [0.2, 0.25) is 0 Å². The predicted molar refractivity (Wildman–Crippen MR) is 131 cm³/mol. The fraction of sp³-hybridized carbons (Fsp3) is 0.0741. The van der Waals surface area contributed by atoms with Crippen LogP contribution in [0.1, 0.15) is 21.5 Å². The van der Waals surface area contributed by atoms with E-state index in [0.717, 1.165) is 34.3 Å². The summed E-state index contributed by atoms with van der Waals surface area (Å²) in [5.74, 6) is -2.62. The minimum absolute atomic E-state index is 0.000764. The number of halogens is 2. The highest BCUT2D eigenvalue weighted by Gasteiger charge is 2.15. The third-order valence-electron chi connectivity index (χ3n) is 5.88. The molecule has 0 aliphatic heterocycles. The van der Waals surface area contributed by atoms with Crippen LogP contribution in [0.5, 0.6) is 5.75 Å². The van der Waals surface area contributed by atoms with Crippen molar-refractivity contribution in [1.29, 1.82) is 0 Å². The second-order valence-corrected chi connectivity index (χ2v) is 8.23. The molecule has 180 valence electrons. The molecule has 9 heteroatoms. The summed E-state index contributed by atoms with van der Waals surface area (Å²) in [6.45, 7) is -0.0456. The molecule has 0 atom stereocenters. The van der Waals surface area contributed by atoms with E-state index in [9.17, 15) is 23.5 Å². The van der Waals surface area contributed by atoms with E-state index in [4.69, 9.17) is 0 Å². The van der Waals surface area contributed by atoms with Crippen LogP contribution in [0.3, 0.4) is 0 Å². The zero-order chi connectivity index (χ0) is 25.2. The van der Waals surface area contributed by atoms with Gasteiger partial charge in [-0.15, -0.1) is 0 Å². The number of nitrogens with one attached hydrogen (secondary N) is 2. The van der Waals surface area contributed by atoms with Gasteiger partial charge >= 0.3 is 0 Å². The van der Waals surface area contributed by atoms with Gasteiger partial charge in [-0.25, -0.2) is 13.8 Å². The van der Waals surface area contributed by atoms with Crippen molar-refractivity contribution in [3.8, 4) is 16.9 Å². The zero-order valence-corrected chi connectivity index (χ0v) is 18.8. The average molecular weight is 486 g/mol. The number of hydrogen-bond donors (Lipinski definition) is 3. The molecule has 0 fully saturated rings. The summed E-state index contributed by atoms with van der Waals surface area (Å²) in [4.78, 5) is 33.1. The number of aromatic nitrogens is 3. The van der Waals surface area contributed by atoms with Gasteiger partial charge in [0.2, 0.25) is 0 Å². The van der Waals surface area contributed by atoms with Crippen LogP contribution in [0.15, 0.2) is 84.0 Å². The number of nitrogens with zero attached hydrogens (tertiary/aromatic N) is 2. The number of phenolic OH excluding ortho intramolecular Hbond substituents is 1. The SMILES string of the molecule is O=C(NCc1cc(-c2c[nH]c3ncccc23)ccc1O)c1cccn(Cc2ccc(F)c(F)c2)c1=O.